The number of likely N-dealkylation sites (tertiary alicyclic amines) is 1. The summed E-state index contributed by atoms with van der Waals surface area (Å²) < 4.78 is 0. The van der Waals surface area contributed by atoms with Crippen molar-refractivity contribution in [3.8, 4) is 0 Å². The number of piperidine rings is 1. The van der Waals surface area contributed by atoms with Gasteiger partial charge in [0, 0.05) is 47.7 Å². The van der Waals surface area contributed by atoms with Crippen LogP contribution in [-0.4, -0.2) is 167 Å². The largest absolute Gasteiger partial charge is 0.391 e. The standard InChI is InChI=1S/C43H68N8O9/c1-26(2)21-31-41(58)50(10)34(23-30-17-13-11-14-18-30)40(57)45-32(42(59)51-19-15-12-16-20-51)24-35(53)48(8)28(5)38(55)46-37(29(6)52)43(60)47(7)25-36(54)49(9)33(22-27(3)4)39(56)44-31/h11,13-14,17-18,26-29,31-34,37,52H,12,15-16,19-25H2,1-10H3,(H,44,56)(H,45,57)(H,46,55)/t28-,29+,31-,32-,33-,34-,37-/m0/s1. The lowest BCUT2D eigenvalue weighted by atomic mass is 9.97. The maximum atomic E-state index is 14.6. The Labute approximate surface area is 354 Å². The van der Waals surface area contributed by atoms with Gasteiger partial charge in [-0.25, -0.2) is 0 Å². The summed E-state index contributed by atoms with van der Waals surface area (Å²) in [6, 6.07) is 1.57. The lowest BCUT2D eigenvalue weighted by Crippen LogP contribution is -2.61. The van der Waals surface area contributed by atoms with Gasteiger partial charge in [0.2, 0.25) is 47.3 Å². The van der Waals surface area contributed by atoms with Crippen LogP contribution >= 0.6 is 0 Å². The van der Waals surface area contributed by atoms with E-state index in [9.17, 15) is 43.5 Å². The summed E-state index contributed by atoms with van der Waals surface area (Å²) in [5.74, 6) is -5.38. The highest BCUT2D eigenvalue weighted by Crippen LogP contribution is 2.19. The zero-order valence-corrected chi connectivity index (χ0v) is 37.1. The summed E-state index contributed by atoms with van der Waals surface area (Å²) in [6.45, 7) is 10.6. The normalized spacial score (nSPS) is 26.1. The van der Waals surface area contributed by atoms with Crippen LogP contribution in [0.2, 0.25) is 0 Å². The van der Waals surface area contributed by atoms with Gasteiger partial charge in [-0.3, -0.25) is 38.4 Å². The number of benzene rings is 1. The zero-order chi connectivity index (χ0) is 45.0. The van der Waals surface area contributed by atoms with Crippen molar-refractivity contribution >= 4 is 47.3 Å². The van der Waals surface area contributed by atoms with Crippen LogP contribution < -0.4 is 16.0 Å². The number of carbonyl (C=O) groups is 8. The quantitative estimate of drug-likeness (QED) is 0.288. The number of hydrogen-bond acceptors (Lipinski definition) is 9. The molecule has 2 aliphatic rings. The number of nitrogens with one attached hydrogen (secondary N) is 3. The number of rotatable bonds is 8. The monoisotopic (exact) mass is 841 g/mol. The number of carbonyl (C=O) groups excluding carboxylic acids is 8. The van der Waals surface area contributed by atoms with E-state index < -0.39 is 103 Å². The van der Waals surface area contributed by atoms with Gasteiger partial charge >= 0.3 is 0 Å². The highest BCUT2D eigenvalue weighted by molar-refractivity contribution is 5.98. The number of nitrogens with zero attached hydrogens (tertiary/aromatic N) is 5. The lowest BCUT2D eigenvalue weighted by Gasteiger charge is -2.36. The Morgan fingerprint density at radius 2 is 1.28 bits per heavy atom. The Morgan fingerprint density at radius 3 is 1.85 bits per heavy atom. The fourth-order valence-corrected chi connectivity index (χ4v) is 7.47. The lowest BCUT2D eigenvalue weighted by molar-refractivity contribution is -0.148. The molecule has 0 aromatic heterocycles. The van der Waals surface area contributed by atoms with E-state index in [1.807, 2.05) is 33.8 Å². The van der Waals surface area contributed by atoms with E-state index in [2.05, 4.69) is 16.0 Å². The molecule has 8 amide bonds. The Morgan fingerprint density at radius 1 is 0.700 bits per heavy atom. The molecule has 0 spiro atoms. The molecule has 334 valence electrons. The Kier molecular flexibility index (Phi) is 18.5. The van der Waals surface area contributed by atoms with Gasteiger partial charge in [0.15, 0.2) is 0 Å². The highest BCUT2D eigenvalue weighted by atomic mass is 16.3. The van der Waals surface area contributed by atoms with Gasteiger partial charge in [0.25, 0.3) is 0 Å². The highest BCUT2D eigenvalue weighted by Gasteiger charge is 2.40. The molecule has 0 bridgehead atoms. The van der Waals surface area contributed by atoms with Gasteiger partial charge in [0.1, 0.15) is 36.3 Å². The van der Waals surface area contributed by atoms with Gasteiger partial charge in [-0.2, -0.15) is 0 Å². The van der Waals surface area contributed by atoms with Crippen LogP contribution in [0.4, 0.5) is 0 Å². The molecular weight excluding hydrogens is 773 g/mol. The summed E-state index contributed by atoms with van der Waals surface area (Å²) in [4.78, 5) is 119. The summed E-state index contributed by atoms with van der Waals surface area (Å²) in [6.07, 6.45) is 0.928. The predicted octanol–water partition coefficient (Wildman–Crippen LogP) is 0.532. The number of hydrogen-bond donors (Lipinski definition) is 4. The van der Waals surface area contributed by atoms with Gasteiger partial charge in [-0.1, -0.05) is 58.0 Å². The molecule has 0 radical (unpaired) electrons. The third-order valence-corrected chi connectivity index (χ3v) is 11.4. The van der Waals surface area contributed by atoms with Crippen molar-refractivity contribution in [2.75, 3.05) is 47.8 Å². The van der Waals surface area contributed by atoms with Crippen molar-refractivity contribution in [3.05, 3.63) is 35.9 Å². The summed E-state index contributed by atoms with van der Waals surface area (Å²) in [5.41, 5.74) is 0.717. The SMILES string of the molecule is CC(C)C[C@@H]1NC(=O)[C@H](CC(C)C)N(C)C(=O)CN(C)C(=O)[C@H]([C@@H](C)O)NC(=O)[C@H](C)N(C)C(=O)C[C@@H](C(=O)N2CCCCC2)NC(=O)[C@H](Cc2ccccc2)N(C)C1=O. The maximum absolute atomic E-state index is 14.6. The molecule has 2 aliphatic heterocycles. The minimum Gasteiger partial charge on any atom is -0.391 e. The Balaban J connectivity index is 2.18. The predicted molar refractivity (Wildman–Crippen MR) is 225 cm³/mol. The van der Waals surface area contributed by atoms with Gasteiger partial charge in [-0.15, -0.1) is 0 Å². The fourth-order valence-electron chi connectivity index (χ4n) is 7.47. The minimum atomic E-state index is -1.51. The van der Waals surface area contributed by atoms with Crippen molar-refractivity contribution in [2.24, 2.45) is 11.8 Å². The van der Waals surface area contributed by atoms with E-state index in [0.717, 1.165) is 29.1 Å². The molecule has 17 nitrogen and oxygen atoms in total. The molecular formula is C43H68N8O9. The third-order valence-electron chi connectivity index (χ3n) is 11.4. The van der Waals surface area contributed by atoms with Crippen molar-refractivity contribution in [3.63, 3.8) is 0 Å². The molecule has 1 aromatic rings. The van der Waals surface area contributed by atoms with Crippen LogP contribution in [0.3, 0.4) is 0 Å². The molecule has 2 fully saturated rings. The first-order valence-corrected chi connectivity index (χ1v) is 21.1. The first-order valence-electron chi connectivity index (χ1n) is 21.1. The number of likely N-dealkylation sites (N-methyl/N-ethyl adjacent to an activating group) is 4. The topological polar surface area (TPSA) is 209 Å². The molecule has 4 N–H and O–H groups in total. The molecule has 0 aliphatic carbocycles. The number of amides is 8. The average Bonchev–Trinajstić information content (AvgIpc) is 3.21. The molecule has 2 heterocycles. The smallest absolute Gasteiger partial charge is 0.248 e. The first-order chi connectivity index (χ1) is 28.1. The van der Waals surface area contributed by atoms with Crippen molar-refractivity contribution in [1.82, 2.24) is 40.4 Å². The maximum Gasteiger partial charge on any atom is 0.248 e. The van der Waals surface area contributed by atoms with Crippen LogP contribution in [0.15, 0.2) is 30.3 Å². The second-order valence-corrected chi connectivity index (χ2v) is 17.2. The summed E-state index contributed by atoms with van der Waals surface area (Å²) >= 11 is 0. The van der Waals surface area contributed by atoms with E-state index >= 15 is 0 Å². The molecule has 7 atom stereocenters. The van der Waals surface area contributed by atoms with Crippen LogP contribution in [-0.2, 0) is 44.8 Å². The van der Waals surface area contributed by atoms with Crippen molar-refractivity contribution < 1.29 is 43.5 Å². The average molecular weight is 841 g/mol. The molecule has 2 saturated heterocycles. The molecule has 0 saturated carbocycles. The van der Waals surface area contributed by atoms with E-state index in [1.165, 1.54) is 51.8 Å². The summed E-state index contributed by atoms with van der Waals surface area (Å²) in [7, 11) is 5.58. The fraction of sp³-hybridized carbons (Fsp3) is 0.674. The third kappa shape index (κ3) is 13.5. The van der Waals surface area contributed by atoms with Crippen LogP contribution in [0, 0.1) is 11.8 Å². The van der Waals surface area contributed by atoms with Crippen molar-refractivity contribution in [2.45, 2.75) is 129 Å². The van der Waals surface area contributed by atoms with Gasteiger partial charge in [-0.05, 0) is 63.4 Å². The molecule has 60 heavy (non-hydrogen) atoms. The number of aliphatic hydroxyl groups excluding tert-OH is 1. The minimum absolute atomic E-state index is 0.0385. The number of aliphatic hydroxyl groups is 1. The zero-order valence-electron chi connectivity index (χ0n) is 37.1. The second kappa shape index (κ2) is 22.5. The molecule has 3 rings (SSSR count). The second-order valence-electron chi connectivity index (χ2n) is 17.2. The van der Waals surface area contributed by atoms with Gasteiger partial charge < -0.3 is 45.6 Å². The Bertz CT molecular complexity index is 1680. The van der Waals surface area contributed by atoms with Crippen LogP contribution in [0.5, 0.6) is 0 Å². The van der Waals surface area contributed by atoms with Gasteiger partial charge in [0.05, 0.1) is 19.1 Å². The first kappa shape index (κ1) is 49.3. The van der Waals surface area contributed by atoms with E-state index in [0.29, 0.717) is 18.7 Å². The van der Waals surface area contributed by atoms with Crippen LogP contribution in [0.25, 0.3) is 0 Å². The molecule has 1 aromatic carbocycles. The van der Waals surface area contributed by atoms with E-state index in [1.54, 1.807) is 29.2 Å². The molecule has 17 heteroatoms. The van der Waals surface area contributed by atoms with E-state index in [4.69, 9.17) is 0 Å². The molecule has 0 unspecified atom stereocenters. The Hall–Kier alpha value is -5.06. The van der Waals surface area contributed by atoms with Crippen molar-refractivity contribution in [1.29, 1.82) is 0 Å². The van der Waals surface area contributed by atoms with E-state index in [-0.39, 0.29) is 31.1 Å². The summed E-state index contributed by atoms with van der Waals surface area (Å²) in [5, 5.41) is 18.8. The van der Waals surface area contributed by atoms with Crippen LogP contribution in [0.1, 0.15) is 85.6 Å².